The highest BCUT2D eigenvalue weighted by Crippen LogP contribution is 2.19. The molecule has 0 spiro atoms. The van der Waals surface area contributed by atoms with E-state index in [9.17, 15) is 9.90 Å². The highest BCUT2D eigenvalue weighted by Gasteiger charge is 2.30. The van der Waals surface area contributed by atoms with E-state index in [0.717, 1.165) is 32.4 Å². The Kier molecular flexibility index (Phi) is 5.09. The van der Waals surface area contributed by atoms with E-state index in [0.29, 0.717) is 0 Å². The third kappa shape index (κ3) is 3.49. The molecule has 1 heterocycles. The molecule has 0 aromatic carbocycles. The fourth-order valence-corrected chi connectivity index (χ4v) is 2.36. The Labute approximate surface area is 92.5 Å². The summed E-state index contributed by atoms with van der Waals surface area (Å²) in [5.74, 6) is -0.396. The van der Waals surface area contributed by atoms with Crippen molar-refractivity contribution in [3.05, 3.63) is 0 Å². The van der Waals surface area contributed by atoms with Crippen molar-refractivity contribution in [1.29, 1.82) is 0 Å². The lowest BCUT2D eigenvalue weighted by atomic mass is 9.97. The van der Waals surface area contributed by atoms with Gasteiger partial charge in [-0.15, -0.1) is 0 Å². The Morgan fingerprint density at radius 2 is 1.80 bits per heavy atom. The van der Waals surface area contributed by atoms with E-state index in [-0.39, 0.29) is 12.0 Å². The topological polar surface area (TPSA) is 40.5 Å². The number of hydrogen-bond acceptors (Lipinski definition) is 2. The summed E-state index contributed by atoms with van der Waals surface area (Å²) in [5.41, 5.74) is 0. The van der Waals surface area contributed by atoms with Crippen LogP contribution in [0, 0.1) is 5.92 Å². The van der Waals surface area contributed by atoms with Crippen LogP contribution in [0.5, 0.6) is 0 Å². The molecule has 88 valence electrons. The van der Waals surface area contributed by atoms with Crippen molar-refractivity contribution in [3.8, 4) is 0 Å². The smallest absolute Gasteiger partial charge is 0.321 e. The zero-order valence-electron chi connectivity index (χ0n) is 9.91. The van der Waals surface area contributed by atoms with Crippen molar-refractivity contribution >= 4 is 5.97 Å². The molecule has 3 heteroatoms. The number of carbonyl (C=O) groups is 1. The fraction of sp³-hybridized carbons (Fsp3) is 0.917. The van der Waals surface area contributed by atoms with E-state index in [2.05, 4.69) is 11.8 Å². The summed E-state index contributed by atoms with van der Waals surface area (Å²) in [6.07, 6.45) is 5.75. The molecule has 3 nitrogen and oxygen atoms in total. The minimum absolute atomic E-state index is 0.251. The first kappa shape index (κ1) is 12.5. The van der Waals surface area contributed by atoms with Crippen LogP contribution >= 0.6 is 0 Å². The molecule has 2 atom stereocenters. The lowest BCUT2D eigenvalue weighted by Gasteiger charge is -2.31. The maximum atomic E-state index is 11.3. The van der Waals surface area contributed by atoms with Gasteiger partial charge in [-0.25, -0.2) is 0 Å². The van der Waals surface area contributed by atoms with Crippen LogP contribution in [0.2, 0.25) is 0 Å². The highest BCUT2D eigenvalue weighted by molar-refractivity contribution is 5.73. The van der Waals surface area contributed by atoms with Gasteiger partial charge in [-0.3, -0.25) is 9.69 Å². The van der Waals surface area contributed by atoms with Gasteiger partial charge in [0.25, 0.3) is 0 Å². The van der Waals surface area contributed by atoms with Gasteiger partial charge >= 0.3 is 5.97 Å². The van der Waals surface area contributed by atoms with Crippen LogP contribution in [0.15, 0.2) is 0 Å². The fourth-order valence-electron chi connectivity index (χ4n) is 2.36. The van der Waals surface area contributed by atoms with E-state index in [1.54, 1.807) is 0 Å². The van der Waals surface area contributed by atoms with Gasteiger partial charge in [0.2, 0.25) is 0 Å². The van der Waals surface area contributed by atoms with Crippen molar-refractivity contribution in [3.63, 3.8) is 0 Å². The molecule has 0 saturated carbocycles. The van der Waals surface area contributed by atoms with Crippen LogP contribution < -0.4 is 0 Å². The van der Waals surface area contributed by atoms with Crippen LogP contribution in [-0.4, -0.2) is 35.1 Å². The molecule has 0 aliphatic carbocycles. The first-order valence-electron chi connectivity index (χ1n) is 6.13. The average Bonchev–Trinajstić information content (AvgIpc) is 2.46. The quantitative estimate of drug-likeness (QED) is 0.779. The highest BCUT2D eigenvalue weighted by atomic mass is 16.4. The summed E-state index contributed by atoms with van der Waals surface area (Å²) in [6, 6.07) is -0.270. The van der Waals surface area contributed by atoms with Crippen LogP contribution in [0.4, 0.5) is 0 Å². The van der Waals surface area contributed by atoms with Crippen molar-refractivity contribution in [2.75, 3.05) is 13.1 Å². The molecule has 0 bridgehead atoms. The molecule has 1 N–H and O–H groups in total. The molecule has 1 rings (SSSR count). The molecular formula is C12H23NO2. The van der Waals surface area contributed by atoms with E-state index in [1.165, 1.54) is 12.8 Å². The van der Waals surface area contributed by atoms with Gasteiger partial charge in [0, 0.05) is 0 Å². The van der Waals surface area contributed by atoms with Crippen LogP contribution in [0.3, 0.4) is 0 Å². The number of rotatable bonds is 4. The number of carboxylic acids is 1. The zero-order chi connectivity index (χ0) is 11.3. The summed E-state index contributed by atoms with van der Waals surface area (Å²) in [4.78, 5) is 13.4. The lowest BCUT2D eigenvalue weighted by molar-refractivity contribution is -0.145. The number of aliphatic carboxylic acids is 1. The SMILES string of the molecule is CCC(C)C(C(=O)O)N1CCCCCC1. The Hall–Kier alpha value is -0.570. The molecule has 1 fully saturated rings. The Balaban J connectivity index is 2.64. The molecule has 1 aliphatic heterocycles. The maximum Gasteiger partial charge on any atom is 0.321 e. The molecule has 0 radical (unpaired) electrons. The zero-order valence-corrected chi connectivity index (χ0v) is 9.91. The molecule has 1 aliphatic rings. The normalized spacial score (nSPS) is 23.1. The first-order valence-corrected chi connectivity index (χ1v) is 6.13. The molecule has 15 heavy (non-hydrogen) atoms. The molecule has 0 aromatic heterocycles. The van der Waals surface area contributed by atoms with Crippen molar-refractivity contribution in [2.24, 2.45) is 5.92 Å². The van der Waals surface area contributed by atoms with Crippen molar-refractivity contribution < 1.29 is 9.90 Å². The van der Waals surface area contributed by atoms with E-state index >= 15 is 0 Å². The van der Waals surface area contributed by atoms with E-state index in [1.807, 2.05) is 6.92 Å². The molecule has 2 unspecified atom stereocenters. The number of hydrogen-bond donors (Lipinski definition) is 1. The number of likely N-dealkylation sites (tertiary alicyclic amines) is 1. The van der Waals surface area contributed by atoms with E-state index < -0.39 is 5.97 Å². The lowest BCUT2D eigenvalue weighted by Crippen LogP contribution is -2.45. The van der Waals surface area contributed by atoms with Gasteiger partial charge < -0.3 is 5.11 Å². The summed E-state index contributed by atoms with van der Waals surface area (Å²) < 4.78 is 0. The Bertz CT molecular complexity index is 198. The van der Waals surface area contributed by atoms with Crippen LogP contribution in [-0.2, 0) is 4.79 Å². The van der Waals surface area contributed by atoms with Crippen LogP contribution in [0.1, 0.15) is 46.0 Å². The summed E-state index contributed by atoms with van der Waals surface area (Å²) in [5, 5.41) is 9.28. The second-order valence-corrected chi connectivity index (χ2v) is 4.62. The average molecular weight is 213 g/mol. The Morgan fingerprint density at radius 1 is 1.27 bits per heavy atom. The van der Waals surface area contributed by atoms with Gasteiger partial charge in [-0.1, -0.05) is 33.1 Å². The maximum absolute atomic E-state index is 11.3. The third-order valence-electron chi connectivity index (χ3n) is 3.47. The van der Waals surface area contributed by atoms with Gasteiger partial charge in [0.1, 0.15) is 6.04 Å². The van der Waals surface area contributed by atoms with Gasteiger partial charge in [-0.05, 0) is 31.8 Å². The van der Waals surface area contributed by atoms with E-state index in [4.69, 9.17) is 0 Å². The van der Waals surface area contributed by atoms with Gasteiger partial charge in [-0.2, -0.15) is 0 Å². The van der Waals surface area contributed by atoms with Gasteiger partial charge in [0.15, 0.2) is 0 Å². The predicted molar refractivity (Wildman–Crippen MR) is 60.9 cm³/mol. The second kappa shape index (κ2) is 6.11. The van der Waals surface area contributed by atoms with Crippen molar-refractivity contribution in [1.82, 2.24) is 4.90 Å². The van der Waals surface area contributed by atoms with Gasteiger partial charge in [0.05, 0.1) is 0 Å². The first-order chi connectivity index (χ1) is 7.16. The predicted octanol–water partition coefficient (Wildman–Crippen LogP) is 2.36. The molecule has 1 saturated heterocycles. The summed E-state index contributed by atoms with van der Waals surface area (Å²) in [6.45, 7) is 6.03. The summed E-state index contributed by atoms with van der Waals surface area (Å²) >= 11 is 0. The minimum atomic E-state index is -0.647. The molecule has 0 aromatic rings. The standard InChI is InChI=1S/C12H23NO2/c1-3-10(2)11(12(14)15)13-8-6-4-5-7-9-13/h10-11H,3-9H2,1-2H3,(H,14,15). The molecule has 0 amide bonds. The van der Waals surface area contributed by atoms with Crippen molar-refractivity contribution in [2.45, 2.75) is 52.0 Å². The summed E-state index contributed by atoms with van der Waals surface area (Å²) in [7, 11) is 0. The molecular weight excluding hydrogens is 190 g/mol. The number of nitrogens with zero attached hydrogens (tertiary/aromatic N) is 1. The van der Waals surface area contributed by atoms with Crippen LogP contribution in [0.25, 0.3) is 0 Å². The third-order valence-corrected chi connectivity index (χ3v) is 3.47. The Morgan fingerprint density at radius 3 is 2.20 bits per heavy atom. The minimum Gasteiger partial charge on any atom is -0.480 e. The second-order valence-electron chi connectivity index (χ2n) is 4.62. The number of carboxylic acid groups (broad SMARTS) is 1. The monoisotopic (exact) mass is 213 g/mol. The largest absolute Gasteiger partial charge is 0.480 e.